The minimum absolute atomic E-state index is 0.0683. The van der Waals surface area contributed by atoms with Gasteiger partial charge >= 0.3 is 0 Å². The second-order valence-electron chi connectivity index (χ2n) is 6.52. The summed E-state index contributed by atoms with van der Waals surface area (Å²) < 4.78 is 1.14. The summed E-state index contributed by atoms with van der Waals surface area (Å²) in [7, 11) is 0. The summed E-state index contributed by atoms with van der Waals surface area (Å²) in [5.74, 6) is -0.496. The Balaban J connectivity index is 1.56. The van der Waals surface area contributed by atoms with Crippen molar-refractivity contribution in [3.63, 3.8) is 0 Å². The zero-order valence-corrected chi connectivity index (χ0v) is 16.4. The number of carbonyl (C=O) groups is 2. The van der Waals surface area contributed by atoms with Crippen molar-refractivity contribution in [3.8, 4) is 0 Å². The minimum atomic E-state index is -0.517. The molecule has 0 aliphatic heterocycles. The normalized spacial score (nSPS) is 11.5. The van der Waals surface area contributed by atoms with Crippen molar-refractivity contribution in [2.45, 2.75) is 19.0 Å². The predicted molar refractivity (Wildman–Crippen MR) is 113 cm³/mol. The van der Waals surface area contributed by atoms with Crippen LogP contribution in [0.2, 0.25) is 0 Å². The van der Waals surface area contributed by atoms with Crippen LogP contribution in [0.1, 0.15) is 33.9 Å². The van der Waals surface area contributed by atoms with E-state index in [4.69, 9.17) is 17.5 Å². The standard InChI is InChI=1S/C22H21ClN4O2/c23-27(15-16-4-2-1-3-5-16)21(28)14-20(24)17-6-8-18(9-7-17)22(29)26-19-10-12-25-13-11-19/h1-13,20H,14-15,24H2,(H,25,26,29). The largest absolute Gasteiger partial charge is 0.324 e. The Morgan fingerprint density at radius 1 is 1.00 bits per heavy atom. The van der Waals surface area contributed by atoms with Gasteiger partial charge in [-0.15, -0.1) is 0 Å². The number of aromatic nitrogens is 1. The summed E-state index contributed by atoms with van der Waals surface area (Å²) in [4.78, 5) is 28.6. The molecule has 148 valence electrons. The number of benzene rings is 2. The highest BCUT2D eigenvalue weighted by Crippen LogP contribution is 2.19. The molecule has 0 bridgehead atoms. The first-order valence-electron chi connectivity index (χ1n) is 9.10. The van der Waals surface area contributed by atoms with Gasteiger partial charge in [0.05, 0.1) is 6.54 Å². The number of amides is 2. The van der Waals surface area contributed by atoms with Crippen molar-refractivity contribution < 1.29 is 9.59 Å². The summed E-state index contributed by atoms with van der Waals surface area (Å²) in [6.07, 6.45) is 3.28. The van der Waals surface area contributed by atoms with Gasteiger partial charge in [0, 0.05) is 47.9 Å². The van der Waals surface area contributed by atoms with Crippen LogP contribution in [0.4, 0.5) is 5.69 Å². The van der Waals surface area contributed by atoms with E-state index in [0.717, 1.165) is 15.5 Å². The van der Waals surface area contributed by atoms with Crippen molar-refractivity contribution >= 4 is 29.3 Å². The smallest absolute Gasteiger partial charge is 0.255 e. The van der Waals surface area contributed by atoms with Crippen LogP contribution in [0, 0.1) is 0 Å². The monoisotopic (exact) mass is 408 g/mol. The molecule has 6 nitrogen and oxygen atoms in total. The zero-order chi connectivity index (χ0) is 20.6. The Morgan fingerprint density at radius 2 is 1.66 bits per heavy atom. The van der Waals surface area contributed by atoms with Crippen LogP contribution in [0.3, 0.4) is 0 Å². The quantitative estimate of drug-likeness (QED) is 0.580. The molecule has 0 saturated carbocycles. The topological polar surface area (TPSA) is 88.3 Å². The molecule has 1 aromatic heterocycles. The highest BCUT2D eigenvalue weighted by molar-refractivity contribution is 6.21. The van der Waals surface area contributed by atoms with E-state index in [1.807, 2.05) is 30.3 Å². The average molecular weight is 409 g/mol. The predicted octanol–water partition coefficient (Wildman–Crippen LogP) is 3.91. The molecule has 0 radical (unpaired) electrons. The zero-order valence-electron chi connectivity index (χ0n) is 15.7. The number of pyridine rings is 1. The van der Waals surface area contributed by atoms with Gasteiger partial charge in [0.15, 0.2) is 0 Å². The van der Waals surface area contributed by atoms with Gasteiger partial charge in [-0.3, -0.25) is 19.0 Å². The van der Waals surface area contributed by atoms with E-state index >= 15 is 0 Å². The van der Waals surface area contributed by atoms with Crippen LogP contribution < -0.4 is 11.1 Å². The van der Waals surface area contributed by atoms with Crippen LogP contribution in [-0.4, -0.2) is 21.2 Å². The number of carbonyl (C=O) groups excluding carboxylic acids is 2. The van der Waals surface area contributed by atoms with Gasteiger partial charge in [0.2, 0.25) is 5.91 Å². The van der Waals surface area contributed by atoms with E-state index < -0.39 is 6.04 Å². The van der Waals surface area contributed by atoms with Crippen LogP contribution >= 0.6 is 11.8 Å². The Labute approximate surface area is 174 Å². The number of hydrogen-bond donors (Lipinski definition) is 2. The summed E-state index contributed by atoms with van der Waals surface area (Å²) in [5.41, 5.74) is 9.01. The van der Waals surface area contributed by atoms with Crippen LogP contribution in [0.15, 0.2) is 79.1 Å². The maximum Gasteiger partial charge on any atom is 0.255 e. The fourth-order valence-corrected chi connectivity index (χ4v) is 2.96. The fourth-order valence-electron chi connectivity index (χ4n) is 2.76. The first-order valence-corrected chi connectivity index (χ1v) is 9.44. The maximum atomic E-state index is 12.4. The Bertz CT molecular complexity index is 950. The average Bonchev–Trinajstić information content (AvgIpc) is 2.75. The van der Waals surface area contributed by atoms with E-state index in [9.17, 15) is 9.59 Å². The van der Waals surface area contributed by atoms with Crippen molar-refractivity contribution in [3.05, 3.63) is 95.8 Å². The van der Waals surface area contributed by atoms with Gasteiger partial charge in [0.25, 0.3) is 5.91 Å². The van der Waals surface area contributed by atoms with E-state index in [2.05, 4.69) is 10.3 Å². The van der Waals surface area contributed by atoms with Crippen LogP contribution in [0.25, 0.3) is 0 Å². The van der Waals surface area contributed by atoms with Crippen LogP contribution in [-0.2, 0) is 11.3 Å². The lowest BCUT2D eigenvalue weighted by Crippen LogP contribution is -2.25. The third-order valence-electron chi connectivity index (χ3n) is 4.37. The van der Waals surface area contributed by atoms with Gasteiger partial charge in [-0.2, -0.15) is 0 Å². The molecule has 2 amide bonds. The number of halogens is 1. The van der Waals surface area contributed by atoms with Gasteiger partial charge in [0.1, 0.15) is 0 Å². The van der Waals surface area contributed by atoms with E-state index in [0.29, 0.717) is 17.8 Å². The Morgan fingerprint density at radius 3 is 2.31 bits per heavy atom. The molecular formula is C22H21ClN4O2. The molecule has 1 unspecified atom stereocenters. The lowest BCUT2D eigenvalue weighted by molar-refractivity contribution is -0.127. The third kappa shape index (κ3) is 5.88. The SMILES string of the molecule is NC(CC(=O)N(Cl)Cc1ccccc1)c1ccc(C(=O)Nc2ccncc2)cc1. The number of rotatable bonds is 7. The van der Waals surface area contributed by atoms with Gasteiger partial charge in [-0.25, -0.2) is 0 Å². The van der Waals surface area contributed by atoms with Crippen molar-refractivity contribution in [1.29, 1.82) is 0 Å². The van der Waals surface area contributed by atoms with Crippen molar-refractivity contribution in [2.24, 2.45) is 5.73 Å². The van der Waals surface area contributed by atoms with Gasteiger partial charge < -0.3 is 11.1 Å². The second kappa shape index (κ2) is 9.82. The van der Waals surface area contributed by atoms with Gasteiger partial charge in [-0.05, 0) is 35.4 Å². The van der Waals surface area contributed by atoms with Crippen molar-refractivity contribution in [2.75, 3.05) is 5.32 Å². The summed E-state index contributed by atoms with van der Waals surface area (Å²) in [6, 6.07) is 19.2. The summed E-state index contributed by atoms with van der Waals surface area (Å²) >= 11 is 6.11. The maximum absolute atomic E-state index is 12.4. The minimum Gasteiger partial charge on any atom is -0.324 e. The number of anilines is 1. The molecule has 3 N–H and O–H groups in total. The van der Waals surface area contributed by atoms with Crippen molar-refractivity contribution in [1.82, 2.24) is 9.40 Å². The van der Waals surface area contributed by atoms with Crippen LogP contribution in [0.5, 0.6) is 0 Å². The molecule has 0 spiro atoms. The number of nitrogens with one attached hydrogen (secondary N) is 1. The molecular weight excluding hydrogens is 388 g/mol. The molecule has 3 aromatic rings. The number of hydrogen-bond acceptors (Lipinski definition) is 4. The highest BCUT2D eigenvalue weighted by Gasteiger charge is 2.17. The Hall–Kier alpha value is -3.22. The van der Waals surface area contributed by atoms with Gasteiger partial charge in [-0.1, -0.05) is 42.5 Å². The lowest BCUT2D eigenvalue weighted by atomic mass is 10.0. The van der Waals surface area contributed by atoms with E-state index in [-0.39, 0.29) is 18.2 Å². The molecule has 0 saturated heterocycles. The summed E-state index contributed by atoms with van der Waals surface area (Å²) in [6.45, 7) is 0.308. The lowest BCUT2D eigenvalue weighted by Gasteiger charge is -2.17. The van der Waals surface area contributed by atoms with E-state index in [1.165, 1.54) is 0 Å². The molecule has 7 heteroatoms. The second-order valence-corrected chi connectivity index (χ2v) is 6.93. The first-order chi connectivity index (χ1) is 14.0. The number of nitrogens with zero attached hydrogens (tertiary/aromatic N) is 2. The molecule has 29 heavy (non-hydrogen) atoms. The molecule has 1 atom stereocenters. The first kappa shape index (κ1) is 20.5. The summed E-state index contributed by atoms with van der Waals surface area (Å²) in [5, 5.41) is 2.79. The molecule has 3 rings (SSSR count). The number of nitrogens with two attached hydrogens (primary N) is 1. The fraction of sp³-hybridized carbons (Fsp3) is 0.136. The molecule has 0 fully saturated rings. The highest BCUT2D eigenvalue weighted by atomic mass is 35.5. The molecule has 0 aliphatic carbocycles. The Kier molecular flexibility index (Phi) is 6.94. The van der Waals surface area contributed by atoms with E-state index in [1.54, 1.807) is 48.8 Å². The molecule has 1 heterocycles. The third-order valence-corrected chi connectivity index (χ3v) is 4.68. The molecule has 2 aromatic carbocycles. The molecule has 0 aliphatic rings.